The lowest BCUT2D eigenvalue weighted by atomic mass is 10.1. The van der Waals surface area contributed by atoms with E-state index in [0.29, 0.717) is 13.2 Å². The summed E-state index contributed by atoms with van der Waals surface area (Å²) in [7, 11) is 0. The lowest BCUT2D eigenvalue weighted by molar-refractivity contribution is 0.137. The molecule has 0 saturated carbocycles. The fourth-order valence-electron chi connectivity index (χ4n) is 2.89. The quantitative estimate of drug-likeness (QED) is 0.460. The van der Waals surface area contributed by atoms with Crippen molar-refractivity contribution < 1.29 is 14.3 Å². The van der Waals surface area contributed by atoms with Gasteiger partial charge in [0.2, 0.25) is 0 Å². The van der Waals surface area contributed by atoms with Crippen LogP contribution in [-0.2, 0) is 11.3 Å². The van der Waals surface area contributed by atoms with Crippen molar-refractivity contribution in [3.8, 4) is 5.75 Å². The highest BCUT2D eigenvalue weighted by atomic mass is 32.1. The van der Waals surface area contributed by atoms with Crippen molar-refractivity contribution >= 4 is 37.6 Å². The molecule has 4 aromatic rings. The maximum absolute atomic E-state index is 11.7. The number of hydrogen-bond acceptors (Lipinski definition) is 4. The summed E-state index contributed by atoms with van der Waals surface area (Å²) < 4.78 is 13.4. The standard InChI is InChI=1S/C22H19NO3S/c24-22(26-15-16-6-2-1-3-7-16)23-12-13-25-17-10-11-19-18-8-4-5-9-20(18)27-21(19)14-17/h1-11,14H,12-13,15H2,(H,23,24). The molecule has 0 spiro atoms. The van der Waals surface area contributed by atoms with Crippen LogP contribution in [0.1, 0.15) is 5.56 Å². The van der Waals surface area contributed by atoms with Crippen molar-refractivity contribution in [1.29, 1.82) is 0 Å². The molecule has 5 heteroatoms. The van der Waals surface area contributed by atoms with Crippen molar-refractivity contribution in [3.05, 3.63) is 78.4 Å². The molecule has 0 unspecified atom stereocenters. The largest absolute Gasteiger partial charge is 0.492 e. The zero-order chi connectivity index (χ0) is 18.5. The Labute approximate surface area is 161 Å². The van der Waals surface area contributed by atoms with Gasteiger partial charge in [0.05, 0.1) is 6.54 Å². The van der Waals surface area contributed by atoms with Gasteiger partial charge >= 0.3 is 6.09 Å². The lowest BCUT2D eigenvalue weighted by Gasteiger charge is -2.09. The highest BCUT2D eigenvalue weighted by molar-refractivity contribution is 7.25. The minimum atomic E-state index is -0.442. The fourth-order valence-corrected chi connectivity index (χ4v) is 4.03. The number of hydrogen-bond donors (Lipinski definition) is 1. The molecule has 0 aliphatic heterocycles. The normalized spacial score (nSPS) is 10.8. The number of alkyl carbamates (subject to hydrolysis) is 1. The average Bonchev–Trinajstić information content (AvgIpc) is 3.08. The van der Waals surface area contributed by atoms with Crippen LogP contribution in [0.4, 0.5) is 4.79 Å². The summed E-state index contributed by atoms with van der Waals surface area (Å²) in [6.45, 7) is 1.03. The minimum absolute atomic E-state index is 0.260. The second-order valence-electron chi connectivity index (χ2n) is 6.09. The van der Waals surface area contributed by atoms with Gasteiger partial charge < -0.3 is 14.8 Å². The maximum Gasteiger partial charge on any atom is 0.407 e. The van der Waals surface area contributed by atoms with E-state index in [1.165, 1.54) is 20.2 Å². The minimum Gasteiger partial charge on any atom is -0.492 e. The van der Waals surface area contributed by atoms with Crippen LogP contribution in [0.2, 0.25) is 0 Å². The summed E-state index contributed by atoms with van der Waals surface area (Å²) >= 11 is 1.75. The highest BCUT2D eigenvalue weighted by Gasteiger charge is 2.06. The van der Waals surface area contributed by atoms with Crippen molar-refractivity contribution in [2.75, 3.05) is 13.2 Å². The molecular weight excluding hydrogens is 358 g/mol. The second kappa shape index (κ2) is 8.10. The van der Waals surface area contributed by atoms with Crippen molar-refractivity contribution in [2.45, 2.75) is 6.61 Å². The van der Waals surface area contributed by atoms with E-state index in [-0.39, 0.29) is 6.61 Å². The summed E-state index contributed by atoms with van der Waals surface area (Å²) in [5, 5.41) is 5.21. The van der Waals surface area contributed by atoms with Crippen molar-refractivity contribution in [2.24, 2.45) is 0 Å². The molecular formula is C22H19NO3S. The van der Waals surface area contributed by atoms with E-state index >= 15 is 0 Å². The number of benzene rings is 3. The predicted molar refractivity (Wildman–Crippen MR) is 109 cm³/mol. The van der Waals surface area contributed by atoms with Gasteiger partial charge in [0.15, 0.2) is 0 Å². The first kappa shape index (κ1) is 17.4. The number of nitrogens with one attached hydrogen (secondary N) is 1. The van der Waals surface area contributed by atoms with Gasteiger partial charge in [-0.05, 0) is 29.8 Å². The van der Waals surface area contributed by atoms with Crippen LogP contribution in [0.3, 0.4) is 0 Å². The van der Waals surface area contributed by atoms with Crippen LogP contribution in [0, 0.1) is 0 Å². The van der Waals surface area contributed by atoms with Crippen LogP contribution in [0.5, 0.6) is 5.75 Å². The number of ether oxygens (including phenoxy) is 2. The summed E-state index contributed by atoms with van der Waals surface area (Å²) in [6.07, 6.45) is -0.442. The van der Waals surface area contributed by atoms with Gasteiger partial charge in [-0.15, -0.1) is 11.3 Å². The molecule has 1 aromatic heterocycles. The monoisotopic (exact) mass is 377 g/mol. The van der Waals surface area contributed by atoms with Crippen molar-refractivity contribution in [3.63, 3.8) is 0 Å². The molecule has 0 aliphatic rings. The Kier molecular flexibility index (Phi) is 5.21. The van der Waals surface area contributed by atoms with Crippen LogP contribution >= 0.6 is 11.3 Å². The number of fused-ring (bicyclic) bond motifs is 3. The Morgan fingerprint density at radius 1 is 0.889 bits per heavy atom. The van der Waals surface area contributed by atoms with E-state index in [0.717, 1.165) is 11.3 Å². The molecule has 4 nitrogen and oxygen atoms in total. The first-order valence-corrected chi connectivity index (χ1v) is 9.60. The van der Waals surface area contributed by atoms with Crippen LogP contribution in [0.15, 0.2) is 72.8 Å². The van der Waals surface area contributed by atoms with Crippen LogP contribution in [0.25, 0.3) is 20.2 Å². The van der Waals surface area contributed by atoms with Gasteiger partial charge in [0, 0.05) is 20.2 Å². The molecule has 1 heterocycles. The summed E-state index contributed by atoms with van der Waals surface area (Å²) in [5.41, 5.74) is 0.959. The Bertz CT molecular complexity index is 1060. The molecule has 0 bridgehead atoms. The first-order chi connectivity index (χ1) is 13.3. The zero-order valence-electron chi connectivity index (χ0n) is 14.7. The maximum atomic E-state index is 11.7. The Morgan fingerprint density at radius 3 is 2.56 bits per heavy atom. The Balaban J connectivity index is 1.26. The van der Waals surface area contributed by atoms with Gasteiger partial charge in [-0.1, -0.05) is 48.5 Å². The number of thiophene rings is 1. The van der Waals surface area contributed by atoms with Crippen molar-refractivity contribution in [1.82, 2.24) is 5.32 Å². The first-order valence-electron chi connectivity index (χ1n) is 8.78. The molecule has 3 aromatic carbocycles. The van der Waals surface area contributed by atoms with Crippen LogP contribution < -0.4 is 10.1 Å². The molecule has 1 amide bonds. The van der Waals surface area contributed by atoms with E-state index in [4.69, 9.17) is 9.47 Å². The number of rotatable bonds is 6. The Morgan fingerprint density at radius 2 is 1.67 bits per heavy atom. The van der Waals surface area contributed by atoms with E-state index in [2.05, 4.69) is 35.6 Å². The van der Waals surface area contributed by atoms with E-state index in [1.54, 1.807) is 11.3 Å². The van der Waals surface area contributed by atoms with Gasteiger partial charge in [0.25, 0.3) is 0 Å². The highest BCUT2D eigenvalue weighted by Crippen LogP contribution is 2.35. The summed E-state index contributed by atoms with van der Waals surface area (Å²) in [6, 6.07) is 24.1. The number of carbonyl (C=O) groups excluding carboxylic acids is 1. The predicted octanol–water partition coefficient (Wildman–Crippen LogP) is 5.36. The fraction of sp³-hybridized carbons (Fsp3) is 0.136. The zero-order valence-corrected chi connectivity index (χ0v) is 15.5. The van der Waals surface area contributed by atoms with Gasteiger partial charge in [-0.25, -0.2) is 4.79 Å². The molecule has 27 heavy (non-hydrogen) atoms. The van der Waals surface area contributed by atoms with Crippen LogP contribution in [-0.4, -0.2) is 19.2 Å². The molecule has 0 radical (unpaired) electrons. The molecule has 4 rings (SSSR count). The SMILES string of the molecule is O=C(NCCOc1ccc2c(c1)sc1ccccc12)OCc1ccccc1. The van der Waals surface area contributed by atoms with E-state index < -0.39 is 6.09 Å². The molecule has 0 aliphatic carbocycles. The lowest BCUT2D eigenvalue weighted by Crippen LogP contribution is -2.28. The third-order valence-electron chi connectivity index (χ3n) is 4.20. The van der Waals surface area contributed by atoms with Gasteiger partial charge in [-0.3, -0.25) is 0 Å². The molecule has 136 valence electrons. The average molecular weight is 377 g/mol. The third kappa shape index (κ3) is 4.20. The van der Waals surface area contributed by atoms with Gasteiger partial charge in [0.1, 0.15) is 19.0 Å². The molecule has 0 atom stereocenters. The number of amides is 1. The third-order valence-corrected chi connectivity index (χ3v) is 5.34. The van der Waals surface area contributed by atoms with Gasteiger partial charge in [-0.2, -0.15) is 0 Å². The molecule has 0 fully saturated rings. The second-order valence-corrected chi connectivity index (χ2v) is 7.18. The Hall–Kier alpha value is -3.05. The summed E-state index contributed by atoms with van der Waals surface area (Å²) in [4.78, 5) is 11.7. The topological polar surface area (TPSA) is 47.6 Å². The molecule has 0 saturated heterocycles. The van der Waals surface area contributed by atoms with E-state index in [9.17, 15) is 4.79 Å². The van der Waals surface area contributed by atoms with E-state index in [1.807, 2.05) is 42.5 Å². The summed E-state index contributed by atoms with van der Waals surface area (Å²) in [5.74, 6) is 0.800. The number of carbonyl (C=O) groups is 1. The molecule has 1 N–H and O–H groups in total. The smallest absolute Gasteiger partial charge is 0.407 e.